The van der Waals surface area contributed by atoms with Crippen LogP contribution in [0.5, 0.6) is 0 Å². The maximum absolute atomic E-state index is 4.20. The second kappa shape index (κ2) is 8.63. The molecule has 0 radical (unpaired) electrons. The van der Waals surface area contributed by atoms with Gasteiger partial charge in [-0.05, 0) is 43.1 Å². The highest BCUT2D eigenvalue weighted by Gasteiger charge is 2.07. The van der Waals surface area contributed by atoms with Crippen LogP contribution >= 0.6 is 0 Å². The zero-order valence-corrected chi connectivity index (χ0v) is 13.3. The molecule has 0 bridgehead atoms. The van der Waals surface area contributed by atoms with E-state index in [-0.39, 0.29) is 0 Å². The minimum atomic E-state index is 0.798. The third-order valence-corrected chi connectivity index (χ3v) is 4.04. The lowest BCUT2D eigenvalue weighted by Crippen LogP contribution is -2.23. The summed E-state index contributed by atoms with van der Waals surface area (Å²) in [5.74, 6) is 0.798. The van der Waals surface area contributed by atoms with Crippen molar-refractivity contribution in [3.05, 3.63) is 48.5 Å². The summed E-state index contributed by atoms with van der Waals surface area (Å²) < 4.78 is 2.20. The van der Waals surface area contributed by atoms with Crippen molar-refractivity contribution in [2.24, 2.45) is 5.92 Å². The molecule has 0 saturated heterocycles. The van der Waals surface area contributed by atoms with Gasteiger partial charge in [0.1, 0.15) is 0 Å². The van der Waals surface area contributed by atoms with E-state index in [0.717, 1.165) is 24.7 Å². The molecule has 1 N–H and O–H groups in total. The molecule has 1 atom stereocenters. The van der Waals surface area contributed by atoms with Gasteiger partial charge in [0.05, 0.1) is 11.9 Å². The first-order valence-electron chi connectivity index (χ1n) is 8.12. The first-order chi connectivity index (χ1) is 10.3. The third-order valence-electron chi connectivity index (χ3n) is 4.04. The summed E-state index contributed by atoms with van der Waals surface area (Å²) in [5.41, 5.74) is 2.41. The highest BCUT2D eigenvalue weighted by atomic mass is 15.0. The topological polar surface area (TPSA) is 29.9 Å². The lowest BCUT2D eigenvalue weighted by atomic mass is 9.99. The van der Waals surface area contributed by atoms with Gasteiger partial charge in [0, 0.05) is 24.6 Å². The fraction of sp³-hybridized carbons (Fsp3) is 0.500. The van der Waals surface area contributed by atoms with Crippen LogP contribution in [0.15, 0.2) is 42.9 Å². The Balaban J connectivity index is 1.88. The summed E-state index contributed by atoms with van der Waals surface area (Å²) in [6.45, 7) is 6.57. The van der Waals surface area contributed by atoms with Crippen LogP contribution in [0.25, 0.3) is 5.69 Å². The Hall–Kier alpha value is -1.61. The average molecular weight is 285 g/mol. The maximum Gasteiger partial charge on any atom is 0.0636 e. The summed E-state index contributed by atoms with van der Waals surface area (Å²) >= 11 is 0. The van der Waals surface area contributed by atoms with E-state index in [1.807, 2.05) is 18.5 Å². The molecule has 0 aliphatic carbocycles. The van der Waals surface area contributed by atoms with Crippen LogP contribution in [-0.4, -0.2) is 16.1 Å². The molecule has 114 valence electrons. The van der Waals surface area contributed by atoms with E-state index < -0.39 is 0 Å². The van der Waals surface area contributed by atoms with Gasteiger partial charge in [-0.3, -0.25) is 4.98 Å². The standard InChI is InChI=1S/C18H27N3/c1-3-5-8-16(4-2)13-20-15-18-10-7-12-21(18)17-9-6-11-19-14-17/h6-7,9-12,14,16,20H,3-5,8,13,15H2,1-2H3. The van der Waals surface area contributed by atoms with Crippen LogP contribution in [0.4, 0.5) is 0 Å². The molecule has 2 rings (SSSR count). The van der Waals surface area contributed by atoms with Gasteiger partial charge in [0.15, 0.2) is 0 Å². The van der Waals surface area contributed by atoms with E-state index in [9.17, 15) is 0 Å². The van der Waals surface area contributed by atoms with Crippen LogP contribution in [0.3, 0.4) is 0 Å². The van der Waals surface area contributed by atoms with Crippen LogP contribution in [-0.2, 0) is 6.54 Å². The van der Waals surface area contributed by atoms with Crippen molar-refractivity contribution < 1.29 is 0 Å². The van der Waals surface area contributed by atoms with Crippen molar-refractivity contribution in [1.29, 1.82) is 0 Å². The largest absolute Gasteiger partial charge is 0.318 e. The van der Waals surface area contributed by atoms with Gasteiger partial charge in [0.2, 0.25) is 0 Å². The SMILES string of the molecule is CCCCC(CC)CNCc1cccn1-c1cccnc1. The van der Waals surface area contributed by atoms with E-state index in [1.165, 1.54) is 31.4 Å². The number of nitrogens with zero attached hydrogens (tertiary/aromatic N) is 2. The maximum atomic E-state index is 4.20. The van der Waals surface area contributed by atoms with Crippen LogP contribution in [0.1, 0.15) is 45.2 Å². The van der Waals surface area contributed by atoms with E-state index in [4.69, 9.17) is 0 Å². The highest BCUT2D eigenvalue weighted by Crippen LogP contribution is 2.13. The van der Waals surface area contributed by atoms with Crippen molar-refractivity contribution >= 4 is 0 Å². The molecule has 0 amide bonds. The Morgan fingerprint density at radius 2 is 2.14 bits per heavy atom. The summed E-state index contributed by atoms with van der Waals surface area (Å²) in [6.07, 6.45) is 11.0. The number of hydrogen-bond acceptors (Lipinski definition) is 2. The van der Waals surface area contributed by atoms with Gasteiger partial charge >= 0.3 is 0 Å². The van der Waals surface area contributed by atoms with Gasteiger partial charge in [-0.1, -0.05) is 33.1 Å². The number of rotatable bonds is 9. The molecule has 2 aromatic rings. The van der Waals surface area contributed by atoms with E-state index in [2.05, 4.69) is 53.1 Å². The van der Waals surface area contributed by atoms with Gasteiger partial charge in [-0.25, -0.2) is 0 Å². The van der Waals surface area contributed by atoms with Crippen molar-refractivity contribution in [1.82, 2.24) is 14.9 Å². The van der Waals surface area contributed by atoms with Gasteiger partial charge < -0.3 is 9.88 Å². The first kappa shape index (κ1) is 15.8. The fourth-order valence-corrected chi connectivity index (χ4v) is 2.66. The van der Waals surface area contributed by atoms with Crippen molar-refractivity contribution in [2.45, 2.75) is 46.1 Å². The van der Waals surface area contributed by atoms with Crippen molar-refractivity contribution in [2.75, 3.05) is 6.54 Å². The minimum absolute atomic E-state index is 0.798. The lowest BCUT2D eigenvalue weighted by molar-refractivity contribution is 0.417. The third kappa shape index (κ3) is 4.71. The molecule has 0 aromatic carbocycles. The first-order valence-corrected chi connectivity index (χ1v) is 8.12. The second-order valence-electron chi connectivity index (χ2n) is 5.63. The number of nitrogens with one attached hydrogen (secondary N) is 1. The van der Waals surface area contributed by atoms with Gasteiger partial charge in [0.25, 0.3) is 0 Å². The van der Waals surface area contributed by atoms with Gasteiger partial charge in [-0.15, -0.1) is 0 Å². The van der Waals surface area contributed by atoms with Crippen LogP contribution in [0.2, 0.25) is 0 Å². The number of hydrogen-bond donors (Lipinski definition) is 1. The zero-order chi connectivity index (χ0) is 14.9. The monoisotopic (exact) mass is 285 g/mol. The Labute approximate surface area is 128 Å². The number of unbranched alkanes of at least 4 members (excludes halogenated alkanes) is 1. The Kier molecular flexibility index (Phi) is 6.48. The average Bonchev–Trinajstić information content (AvgIpc) is 3.00. The molecule has 3 nitrogen and oxygen atoms in total. The molecule has 2 heterocycles. The second-order valence-corrected chi connectivity index (χ2v) is 5.63. The van der Waals surface area contributed by atoms with Crippen LogP contribution < -0.4 is 5.32 Å². The molecule has 0 aliphatic heterocycles. The summed E-state index contributed by atoms with van der Waals surface area (Å²) in [7, 11) is 0. The molecule has 0 fully saturated rings. The molecule has 2 aromatic heterocycles. The Bertz CT molecular complexity index is 504. The smallest absolute Gasteiger partial charge is 0.0636 e. The van der Waals surface area contributed by atoms with E-state index in [0.29, 0.717) is 0 Å². The van der Waals surface area contributed by atoms with Crippen LogP contribution in [0, 0.1) is 5.92 Å². The van der Waals surface area contributed by atoms with Crippen molar-refractivity contribution in [3.63, 3.8) is 0 Å². The molecular formula is C18H27N3. The minimum Gasteiger partial charge on any atom is -0.318 e. The predicted octanol–water partition coefficient (Wildman–Crippen LogP) is 4.18. The van der Waals surface area contributed by atoms with Gasteiger partial charge in [-0.2, -0.15) is 0 Å². The van der Waals surface area contributed by atoms with Crippen molar-refractivity contribution in [3.8, 4) is 5.69 Å². The quantitative estimate of drug-likeness (QED) is 0.749. The molecule has 0 spiro atoms. The normalized spacial score (nSPS) is 12.5. The molecule has 0 aliphatic rings. The zero-order valence-electron chi connectivity index (χ0n) is 13.3. The fourth-order valence-electron chi connectivity index (χ4n) is 2.66. The predicted molar refractivity (Wildman–Crippen MR) is 88.6 cm³/mol. The highest BCUT2D eigenvalue weighted by molar-refractivity contribution is 5.31. The lowest BCUT2D eigenvalue weighted by Gasteiger charge is -2.16. The molecular weight excluding hydrogens is 258 g/mol. The summed E-state index contributed by atoms with van der Waals surface area (Å²) in [5, 5.41) is 3.62. The van der Waals surface area contributed by atoms with E-state index >= 15 is 0 Å². The molecule has 21 heavy (non-hydrogen) atoms. The molecule has 0 saturated carbocycles. The van der Waals surface area contributed by atoms with E-state index in [1.54, 1.807) is 0 Å². The Morgan fingerprint density at radius 1 is 1.24 bits per heavy atom. The number of aromatic nitrogens is 2. The summed E-state index contributed by atoms with van der Waals surface area (Å²) in [6, 6.07) is 8.34. The Morgan fingerprint density at radius 3 is 2.86 bits per heavy atom. The summed E-state index contributed by atoms with van der Waals surface area (Å²) in [4.78, 5) is 4.20. The number of pyridine rings is 1. The molecule has 1 unspecified atom stereocenters. The molecule has 3 heteroatoms.